The summed E-state index contributed by atoms with van der Waals surface area (Å²) in [6.07, 6.45) is 0.805. The fourth-order valence-corrected chi connectivity index (χ4v) is 3.68. The number of rotatable bonds is 7. The van der Waals surface area contributed by atoms with Crippen molar-refractivity contribution in [2.24, 2.45) is 5.92 Å². The number of carbonyl (C=O) groups excluding carboxylic acids is 1. The largest absolute Gasteiger partial charge is 0.480 e. The van der Waals surface area contributed by atoms with E-state index >= 15 is 0 Å². The van der Waals surface area contributed by atoms with Crippen molar-refractivity contribution < 1.29 is 23.5 Å². The molecule has 2 aromatic heterocycles. The van der Waals surface area contributed by atoms with Crippen LogP contribution in [0.5, 0.6) is 0 Å². The third kappa shape index (κ3) is 3.97. The van der Waals surface area contributed by atoms with Gasteiger partial charge in [-0.1, -0.05) is 20.3 Å². The lowest BCUT2D eigenvalue weighted by Crippen LogP contribution is -2.45. The molecule has 0 aliphatic carbocycles. The van der Waals surface area contributed by atoms with Gasteiger partial charge in [0.15, 0.2) is 0 Å². The molecule has 0 spiro atoms. The Morgan fingerprint density at radius 2 is 1.70 bits per heavy atom. The van der Waals surface area contributed by atoms with E-state index in [1.54, 1.807) is 13.0 Å². The lowest BCUT2D eigenvalue weighted by Gasteiger charge is -2.20. The molecule has 3 aromatic rings. The van der Waals surface area contributed by atoms with Crippen molar-refractivity contribution in [3.05, 3.63) is 45.0 Å². The minimum Gasteiger partial charge on any atom is -0.480 e. The summed E-state index contributed by atoms with van der Waals surface area (Å²) in [5.74, 6) is -0.846. The second-order valence-electron chi connectivity index (χ2n) is 7.89. The van der Waals surface area contributed by atoms with E-state index in [0.717, 1.165) is 27.7 Å². The zero-order chi connectivity index (χ0) is 22.2. The number of carboxylic acid groups (broad SMARTS) is 1. The summed E-state index contributed by atoms with van der Waals surface area (Å²) in [6, 6.07) is 2.72. The van der Waals surface area contributed by atoms with Crippen LogP contribution in [-0.2, 0) is 16.0 Å². The van der Waals surface area contributed by atoms with Crippen LogP contribution >= 0.6 is 0 Å². The van der Waals surface area contributed by atoms with Gasteiger partial charge in [0, 0.05) is 28.8 Å². The lowest BCUT2D eigenvalue weighted by molar-refractivity contribution is -0.143. The Morgan fingerprint density at radius 1 is 1.07 bits per heavy atom. The second-order valence-corrected chi connectivity index (χ2v) is 7.89. The molecule has 7 nitrogen and oxygen atoms in total. The predicted molar refractivity (Wildman–Crippen MR) is 114 cm³/mol. The summed E-state index contributed by atoms with van der Waals surface area (Å²) in [7, 11) is 0. The molecule has 2 N–H and O–H groups in total. The van der Waals surface area contributed by atoms with Crippen LogP contribution in [-0.4, -0.2) is 23.0 Å². The van der Waals surface area contributed by atoms with Gasteiger partial charge in [0.25, 0.3) is 0 Å². The van der Waals surface area contributed by atoms with E-state index in [4.69, 9.17) is 8.83 Å². The van der Waals surface area contributed by atoms with Crippen LogP contribution in [0.1, 0.15) is 49.1 Å². The molecule has 160 valence electrons. The number of carboxylic acids is 1. The molecular formula is C23H27NO6. The Morgan fingerprint density at radius 3 is 2.33 bits per heavy atom. The molecule has 0 fully saturated rings. The van der Waals surface area contributed by atoms with Crippen LogP contribution in [0.2, 0.25) is 0 Å². The highest BCUT2D eigenvalue weighted by atomic mass is 16.4. The topological polar surface area (TPSA) is 110 Å². The number of aryl methyl sites for hydroxylation is 3. The van der Waals surface area contributed by atoms with Gasteiger partial charge in [0.2, 0.25) is 5.91 Å². The first kappa shape index (κ1) is 21.6. The first-order valence-electron chi connectivity index (χ1n) is 10.1. The maximum Gasteiger partial charge on any atom is 0.339 e. The molecule has 0 saturated carbocycles. The Balaban J connectivity index is 1.88. The molecule has 0 radical (unpaired) electrons. The minimum atomic E-state index is -1.06. The Kier molecular flexibility index (Phi) is 6.01. The third-order valence-electron chi connectivity index (χ3n) is 5.98. The smallest absolute Gasteiger partial charge is 0.339 e. The fourth-order valence-electron chi connectivity index (χ4n) is 3.68. The van der Waals surface area contributed by atoms with Gasteiger partial charge < -0.3 is 19.3 Å². The molecule has 0 unspecified atom stereocenters. The first-order valence-corrected chi connectivity index (χ1v) is 10.1. The van der Waals surface area contributed by atoms with Crippen LogP contribution in [0, 0.1) is 26.7 Å². The molecular weight excluding hydrogens is 386 g/mol. The lowest BCUT2D eigenvalue weighted by atomic mass is 9.98. The standard InChI is InChI=1S/C23H27NO6/c1-6-11(2)21(22(26)27)24-20(25)8-7-15-13(4)17-9-16-12(3)14(5)29-18(16)10-19(17)30-23(15)28/h9-11,21H,6-8H2,1-5H3,(H,24,25)(H,26,27)/t11-,21-/m0/s1. The molecule has 2 heterocycles. The molecule has 7 heteroatoms. The first-order chi connectivity index (χ1) is 14.1. The molecule has 30 heavy (non-hydrogen) atoms. The number of amides is 1. The Bertz CT molecular complexity index is 1190. The van der Waals surface area contributed by atoms with E-state index < -0.39 is 23.5 Å². The predicted octanol–water partition coefficient (Wildman–Crippen LogP) is 4.01. The normalized spacial score (nSPS) is 13.5. The summed E-state index contributed by atoms with van der Waals surface area (Å²) < 4.78 is 11.2. The summed E-state index contributed by atoms with van der Waals surface area (Å²) in [5.41, 5.74) is 2.81. The SMILES string of the molecule is CC[C@H](C)[C@H](NC(=O)CCc1c(C)c2cc3c(C)c(C)oc3cc2oc1=O)C(=O)O. The second kappa shape index (κ2) is 8.34. The van der Waals surface area contributed by atoms with E-state index in [-0.39, 0.29) is 18.8 Å². The van der Waals surface area contributed by atoms with Crippen molar-refractivity contribution >= 4 is 33.8 Å². The highest BCUT2D eigenvalue weighted by Crippen LogP contribution is 2.31. The number of benzene rings is 1. The van der Waals surface area contributed by atoms with E-state index in [1.807, 2.05) is 33.8 Å². The number of carbonyl (C=O) groups is 2. The highest BCUT2D eigenvalue weighted by Gasteiger charge is 2.25. The van der Waals surface area contributed by atoms with Gasteiger partial charge in [-0.3, -0.25) is 4.79 Å². The maximum atomic E-state index is 12.5. The summed E-state index contributed by atoms with van der Waals surface area (Å²) in [6.45, 7) is 9.34. The van der Waals surface area contributed by atoms with Crippen LogP contribution in [0.25, 0.3) is 21.9 Å². The quantitative estimate of drug-likeness (QED) is 0.566. The number of aliphatic carboxylic acids is 1. The van der Waals surface area contributed by atoms with Gasteiger partial charge in [-0.2, -0.15) is 0 Å². The van der Waals surface area contributed by atoms with Crippen molar-refractivity contribution in [2.75, 3.05) is 0 Å². The van der Waals surface area contributed by atoms with Crippen molar-refractivity contribution in [1.82, 2.24) is 5.32 Å². The van der Waals surface area contributed by atoms with Gasteiger partial charge in [-0.15, -0.1) is 0 Å². The van der Waals surface area contributed by atoms with Crippen molar-refractivity contribution in [3.8, 4) is 0 Å². The molecule has 2 atom stereocenters. The zero-order valence-corrected chi connectivity index (χ0v) is 17.9. The molecule has 0 bridgehead atoms. The highest BCUT2D eigenvalue weighted by molar-refractivity contribution is 5.96. The van der Waals surface area contributed by atoms with Crippen molar-refractivity contribution in [2.45, 2.75) is 59.9 Å². The zero-order valence-electron chi connectivity index (χ0n) is 17.9. The Labute approximate surface area is 174 Å². The van der Waals surface area contributed by atoms with Crippen molar-refractivity contribution in [3.63, 3.8) is 0 Å². The fraction of sp³-hybridized carbons (Fsp3) is 0.435. The number of hydrogen-bond donors (Lipinski definition) is 2. The van der Waals surface area contributed by atoms with E-state index in [1.165, 1.54) is 0 Å². The number of fused-ring (bicyclic) bond motifs is 2. The molecule has 0 aliphatic rings. The van der Waals surface area contributed by atoms with Crippen LogP contribution < -0.4 is 10.9 Å². The van der Waals surface area contributed by atoms with E-state index in [2.05, 4.69) is 5.32 Å². The molecule has 0 saturated heterocycles. The minimum absolute atomic E-state index is 0.00338. The average molecular weight is 413 g/mol. The van der Waals surface area contributed by atoms with Crippen LogP contribution in [0.15, 0.2) is 25.8 Å². The molecule has 0 aliphatic heterocycles. The summed E-state index contributed by atoms with van der Waals surface area (Å²) >= 11 is 0. The van der Waals surface area contributed by atoms with Crippen LogP contribution in [0.4, 0.5) is 0 Å². The number of nitrogens with one attached hydrogen (secondary N) is 1. The van der Waals surface area contributed by atoms with Gasteiger partial charge in [-0.05, 0) is 50.3 Å². The summed E-state index contributed by atoms with van der Waals surface area (Å²) in [5, 5.41) is 13.7. The molecule has 3 rings (SSSR count). The molecule has 1 aromatic carbocycles. The number of hydrogen-bond acceptors (Lipinski definition) is 5. The van der Waals surface area contributed by atoms with Crippen molar-refractivity contribution in [1.29, 1.82) is 0 Å². The monoisotopic (exact) mass is 413 g/mol. The third-order valence-corrected chi connectivity index (χ3v) is 5.98. The van der Waals surface area contributed by atoms with Gasteiger partial charge in [-0.25, -0.2) is 9.59 Å². The number of furan rings is 1. The molecule has 1 amide bonds. The van der Waals surface area contributed by atoms with E-state index in [9.17, 15) is 19.5 Å². The van der Waals surface area contributed by atoms with E-state index in [0.29, 0.717) is 23.2 Å². The van der Waals surface area contributed by atoms with Gasteiger partial charge >= 0.3 is 11.6 Å². The van der Waals surface area contributed by atoms with Gasteiger partial charge in [0.1, 0.15) is 23.0 Å². The van der Waals surface area contributed by atoms with Crippen LogP contribution in [0.3, 0.4) is 0 Å². The summed E-state index contributed by atoms with van der Waals surface area (Å²) in [4.78, 5) is 36.3. The maximum absolute atomic E-state index is 12.5. The van der Waals surface area contributed by atoms with Gasteiger partial charge in [0.05, 0.1) is 0 Å². The Hall–Kier alpha value is -3.09. The average Bonchev–Trinajstić information content (AvgIpc) is 2.97.